The Kier molecular flexibility index (Phi) is 3.23. The molecule has 3 aliphatic heterocycles. The molecule has 1 saturated carbocycles. The predicted octanol–water partition coefficient (Wildman–Crippen LogP) is 0.783. The maximum absolute atomic E-state index is 12.7. The Bertz CT molecular complexity index is 612. The average Bonchev–Trinajstić information content (AvgIpc) is 3.08. The van der Waals surface area contributed by atoms with Gasteiger partial charge in [-0.1, -0.05) is 0 Å². The molecule has 1 unspecified atom stereocenters. The molecule has 1 aliphatic carbocycles. The van der Waals surface area contributed by atoms with Crippen molar-refractivity contribution in [3.05, 3.63) is 17.0 Å². The highest BCUT2D eigenvalue weighted by atomic mass is 16.5. The molecule has 3 atom stereocenters. The summed E-state index contributed by atoms with van der Waals surface area (Å²) in [5.41, 5.74) is 3.71. The molecule has 0 aromatic carbocycles. The Morgan fingerprint density at radius 1 is 1.22 bits per heavy atom. The lowest BCUT2D eigenvalue weighted by atomic mass is 10.0. The van der Waals surface area contributed by atoms with E-state index in [0.29, 0.717) is 24.3 Å². The summed E-state index contributed by atoms with van der Waals surface area (Å²) in [5.74, 6) is 1.56. The number of rotatable bonds is 3. The molecule has 1 N–H and O–H groups in total. The summed E-state index contributed by atoms with van der Waals surface area (Å²) in [6.45, 7) is 6.46. The molecule has 124 valence electrons. The molecule has 1 amide bonds. The van der Waals surface area contributed by atoms with E-state index in [0.717, 1.165) is 38.4 Å². The molecule has 4 heterocycles. The van der Waals surface area contributed by atoms with Crippen LogP contribution in [0, 0.1) is 17.8 Å². The average molecular weight is 316 g/mol. The molecular weight excluding hydrogens is 292 g/mol. The van der Waals surface area contributed by atoms with Crippen molar-refractivity contribution in [1.82, 2.24) is 20.0 Å². The first-order chi connectivity index (χ1) is 11.3. The number of likely N-dealkylation sites (tertiary alicyclic amines) is 1. The third-order valence-electron chi connectivity index (χ3n) is 6.14. The van der Waals surface area contributed by atoms with Crippen molar-refractivity contribution in [2.45, 2.75) is 32.4 Å². The first kappa shape index (κ1) is 14.0. The summed E-state index contributed by atoms with van der Waals surface area (Å²) >= 11 is 0. The second-order valence-corrected chi connectivity index (χ2v) is 7.51. The van der Waals surface area contributed by atoms with E-state index in [1.165, 1.54) is 37.2 Å². The van der Waals surface area contributed by atoms with Crippen molar-refractivity contribution in [3.8, 4) is 0 Å². The molecule has 6 heteroatoms. The van der Waals surface area contributed by atoms with Gasteiger partial charge in [-0.05, 0) is 44.2 Å². The molecule has 5 rings (SSSR count). The highest BCUT2D eigenvalue weighted by Gasteiger charge is 2.59. The maximum Gasteiger partial charge on any atom is 0.226 e. The quantitative estimate of drug-likeness (QED) is 0.895. The molecule has 4 aliphatic rings. The van der Waals surface area contributed by atoms with Crippen LogP contribution >= 0.6 is 0 Å². The Balaban J connectivity index is 1.26. The SMILES string of the molecule is O=C(C1[C@H]2COC[C@@H]12)N1CCc2c(CN3CCCC3)n[nH]c2C1. The van der Waals surface area contributed by atoms with Crippen LogP contribution in [0.25, 0.3) is 0 Å². The number of amides is 1. The van der Waals surface area contributed by atoms with Crippen LogP contribution in [0.1, 0.15) is 29.8 Å². The van der Waals surface area contributed by atoms with Crippen molar-refractivity contribution in [3.63, 3.8) is 0 Å². The fourth-order valence-electron chi connectivity index (χ4n) is 4.67. The van der Waals surface area contributed by atoms with Crippen LogP contribution in [0.5, 0.6) is 0 Å². The lowest BCUT2D eigenvalue weighted by Gasteiger charge is -2.28. The first-order valence-electron chi connectivity index (χ1n) is 8.95. The van der Waals surface area contributed by atoms with E-state index >= 15 is 0 Å². The lowest BCUT2D eigenvalue weighted by molar-refractivity contribution is -0.135. The zero-order valence-corrected chi connectivity index (χ0v) is 13.5. The largest absolute Gasteiger partial charge is 0.381 e. The van der Waals surface area contributed by atoms with Crippen LogP contribution in [-0.4, -0.2) is 58.8 Å². The van der Waals surface area contributed by atoms with Gasteiger partial charge in [0.05, 0.1) is 31.1 Å². The van der Waals surface area contributed by atoms with Gasteiger partial charge in [-0.25, -0.2) is 0 Å². The van der Waals surface area contributed by atoms with Gasteiger partial charge in [0.25, 0.3) is 0 Å². The third-order valence-corrected chi connectivity index (χ3v) is 6.14. The van der Waals surface area contributed by atoms with Crippen LogP contribution in [0.4, 0.5) is 0 Å². The second-order valence-electron chi connectivity index (χ2n) is 7.51. The van der Waals surface area contributed by atoms with Gasteiger partial charge < -0.3 is 9.64 Å². The summed E-state index contributed by atoms with van der Waals surface area (Å²) < 4.78 is 5.41. The number of carbonyl (C=O) groups excluding carboxylic acids is 1. The molecule has 1 aromatic rings. The third kappa shape index (κ3) is 2.31. The number of nitrogens with one attached hydrogen (secondary N) is 1. The molecule has 0 radical (unpaired) electrons. The minimum absolute atomic E-state index is 0.234. The highest BCUT2D eigenvalue weighted by Crippen LogP contribution is 2.51. The van der Waals surface area contributed by atoms with Gasteiger partial charge >= 0.3 is 0 Å². The van der Waals surface area contributed by atoms with Crippen molar-refractivity contribution < 1.29 is 9.53 Å². The minimum atomic E-state index is 0.234. The molecular formula is C17H24N4O2. The number of nitrogens with zero attached hydrogens (tertiary/aromatic N) is 3. The monoisotopic (exact) mass is 316 g/mol. The van der Waals surface area contributed by atoms with E-state index in [1.807, 2.05) is 4.90 Å². The summed E-state index contributed by atoms with van der Waals surface area (Å²) in [6, 6.07) is 0. The van der Waals surface area contributed by atoms with Gasteiger partial charge in [-0.15, -0.1) is 0 Å². The number of hydrogen-bond acceptors (Lipinski definition) is 4. The number of carbonyl (C=O) groups is 1. The smallest absolute Gasteiger partial charge is 0.226 e. The topological polar surface area (TPSA) is 61.5 Å². The Morgan fingerprint density at radius 3 is 2.78 bits per heavy atom. The normalized spacial score (nSPS) is 32.9. The lowest BCUT2D eigenvalue weighted by Crippen LogP contribution is -2.38. The summed E-state index contributed by atoms with van der Waals surface area (Å²) in [5, 5.41) is 7.75. The molecule has 6 nitrogen and oxygen atoms in total. The second kappa shape index (κ2) is 5.31. The van der Waals surface area contributed by atoms with Gasteiger partial charge in [0.2, 0.25) is 5.91 Å². The minimum Gasteiger partial charge on any atom is -0.381 e. The van der Waals surface area contributed by atoms with Crippen molar-refractivity contribution in [2.75, 3.05) is 32.8 Å². The van der Waals surface area contributed by atoms with Gasteiger partial charge in [0, 0.05) is 24.6 Å². The zero-order chi connectivity index (χ0) is 15.4. The number of ether oxygens (including phenoxy) is 1. The van der Waals surface area contributed by atoms with Gasteiger partial charge in [0.15, 0.2) is 0 Å². The highest BCUT2D eigenvalue weighted by molar-refractivity contribution is 5.82. The van der Waals surface area contributed by atoms with Gasteiger partial charge in [-0.3, -0.25) is 14.8 Å². The van der Waals surface area contributed by atoms with E-state index in [4.69, 9.17) is 4.74 Å². The van der Waals surface area contributed by atoms with Crippen LogP contribution in [0.2, 0.25) is 0 Å². The number of fused-ring (bicyclic) bond motifs is 2. The van der Waals surface area contributed by atoms with Crippen molar-refractivity contribution >= 4 is 5.91 Å². The molecule has 3 fully saturated rings. The number of aromatic amines is 1. The van der Waals surface area contributed by atoms with Crippen molar-refractivity contribution in [1.29, 1.82) is 0 Å². The van der Waals surface area contributed by atoms with Crippen LogP contribution in [-0.2, 0) is 29.0 Å². The zero-order valence-electron chi connectivity index (χ0n) is 13.5. The summed E-state index contributed by atoms with van der Waals surface area (Å²) in [4.78, 5) is 17.2. The Labute approximate surface area is 136 Å². The first-order valence-corrected chi connectivity index (χ1v) is 8.95. The summed E-state index contributed by atoms with van der Waals surface area (Å²) in [6.07, 6.45) is 3.56. The predicted molar refractivity (Wildman–Crippen MR) is 83.5 cm³/mol. The summed E-state index contributed by atoms with van der Waals surface area (Å²) in [7, 11) is 0. The van der Waals surface area contributed by atoms with E-state index in [9.17, 15) is 4.79 Å². The Hall–Kier alpha value is -1.40. The number of hydrogen-bond donors (Lipinski definition) is 1. The van der Waals surface area contributed by atoms with Crippen LogP contribution < -0.4 is 0 Å². The van der Waals surface area contributed by atoms with E-state index in [-0.39, 0.29) is 5.92 Å². The molecule has 23 heavy (non-hydrogen) atoms. The van der Waals surface area contributed by atoms with E-state index in [1.54, 1.807) is 0 Å². The molecule has 0 spiro atoms. The molecule has 2 saturated heterocycles. The van der Waals surface area contributed by atoms with Crippen LogP contribution in [0.3, 0.4) is 0 Å². The van der Waals surface area contributed by atoms with E-state index in [2.05, 4.69) is 15.1 Å². The number of aromatic nitrogens is 2. The Morgan fingerprint density at radius 2 is 2.00 bits per heavy atom. The number of H-pyrrole nitrogens is 1. The fourth-order valence-corrected chi connectivity index (χ4v) is 4.67. The van der Waals surface area contributed by atoms with Gasteiger partial charge in [0.1, 0.15) is 0 Å². The van der Waals surface area contributed by atoms with Gasteiger partial charge in [-0.2, -0.15) is 5.10 Å². The van der Waals surface area contributed by atoms with Crippen LogP contribution in [0.15, 0.2) is 0 Å². The maximum atomic E-state index is 12.7. The molecule has 0 bridgehead atoms. The van der Waals surface area contributed by atoms with Crippen molar-refractivity contribution in [2.24, 2.45) is 17.8 Å². The standard InChI is InChI=1S/C17H24N4O2/c22-17(16-12-9-23-10-13(12)16)21-6-3-11-14(18-19-15(11)8-21)7-20-4-1-2-5-20/h12-13,16H,1-10H2,(H,18,19)/t12-,13+,16?. The van der Waals surface area contributed by atoms with E-state index < -0.39 is 0 Å². The molecule has 1 aromatic heterocycles. The fraction of sp³-hybridized carbons (Fsp3) is 0.765.